The highest BCUT2D eigenvalue weighted by Crippen LogP contribution is 2.37. The zero-order chi connectivity index (χ0) is 43.8. The van der Waals surface area contributed by atoms with Crippen LogP contribution in [0.1, 0.15) is 59.6 Å². The zero-order valence-electron chi connectivity index (χ0n) is 36.5. The highest BCUT2D eigenvalue weighted by atomic mass is 16.6. The lowest BCUT2D eigenvalue weighted by molar-refractivity contribution is 0.0157. The molecule has 0 N–H and O–H groups in total. The van der Waals surface area contributed by atoms with E-state index in [1.807, 2.05) is 103 Å². The van der Waals surface area contributed by atoms with Crippen LogP contribution < -0.4 is 9.80 Å². The van der Waals surface area contributed by atoms with E-state index in [0.717, 1.165) is 55.6 Å². The number of aromatic nitrogens is 4. The Hall–Kier alpha value is -6.81. The molecule has 8 rings (SSSR count). The highest BCUT2D eigenvalue weighted by Gasteiger charge is 2.35. The van der Waals surface area contributed by atoms with E-state index in [1.54, 1.807) is 21.9 Å². The van der Waals surface area contributed by atoms with Gasteiger partial charge in [-0.05, 0) is 78.6 Å². The number of amides is 2. The Bertz CT molecular complexity index is 2650. The molecule has 6 aromatic rings. The lowest BCUT2D eigenvalue weighted by Crippen LogP contribution is -2.56. The number of piperazine rings is 2. The molecule has 2 atom stereocenters. The SMILES string of the molecule is C[C@H]1CN(c2nnc(-c3ccc(C#N)cc3)c3ccc(C[C@H]4CN(C(=O)OC(C)(C)C)CCN4c4nnc(-c5ccccc5)c5ccccc45)cc23)CCN1C(=O)OC(C)(C)C. The monoisotopic (exact) mass is 831 g/mol. The number of rotatable bonds is 6. The van der Waals surface area contributed by atoms with E-state index in [0.29, 0.717) is 56.9 Å². The average Bonchev–Trinajstić information content (AvgIpc) is 3.24. The molecule has 2 aliphatic rings. The molecule has 4 aromatic carbocycles. The molecule has 0 spiro atoms. The number of ether oxygens (including phenoxy) is 2. The van der Waals surface area contributed by atoms with Crippen molar-refractivity contribution < 1.29 is 19.1 Å². The molecule has 2 aliphatic heterocycles. The predicted octanol–water partition coefficient (Wildman–Crippen LogP) is 8.89. The van der Waals surface area contributed by atoms with Gasteiger partial charge in [0.2, 0.25) is 0 Å². The molecule has 0 aliphatic carbocycles. The fraction of sp³-hybridized carbons (Fsp3) is 0.367. The van der Waals surface area contributed by atoms with Gasteiger partial charge in [0, 0.05) is 78.0 Å². The van der Waals surface area contributed by atoms with Crippen LogP contribution >= 0.6 is 0 Å². The topological polar surface area (TPSA) is 141 Å². The van der Waals surface area contributed by atoms with Gasteiger partial charge in [-0.2, -0.15) is 5.26 Å². The molecule has 13 heteroatoms. The Kier molecular flexibility index (Phi) is 11.4. The smallest absolute Gasteiger partial charge is 0.410 e. The summed E-state index contributed by atoms with van der Waals surface area (Å²) in [7, 11) is 0. The first kappa shape index (κ1) is 41.9. The van der Waals surface area contributed by atoms with Crippen molar-refractivity contribution in [3.8, 4) is 28.6 Å². The third-order valence-corrected chi connectivity index (χ3v) is 11.3. The van der Waals surface area contributed by atoms with Gasteiger partial charge in [0.05, 0.1) is 17.7 Å². The molecule has 13 nitrogen and oxygen atoms in total. The second kappa shape index (κ2) is 16.9. The van der Waals surface area contributed by atoms with Crippen LogP contribution in [0.5, 0.6) is 0 Å². The van der Waals surface area contributed by atoms with Gasteiger partial charge in [-0.15, -0.1) is 20.4 Å². The maximum atomic E-state index is 13.6. The van der Waals surface area contributed by atoms with E-state index >= 15 is 0 Å². The van der Waals surface area contributed by atoms with E-state index in [2.05, 4.69) is 46.2 Å². The van der Waals surface area contributed by atoms with Crippen LogP contribution in [0.2, 0.25) is 0 Å². The van der Waals surface area contributed by atoms with E-state index in [4.69, 9.17) is 29.9 Å². The van der Waals surface area contributed by atoms with E-state index in [1.165, 1.54) is 0 Å². The van der Waals surface area contributed by atoms with Gasteiger partial charge in [-0.1, -0.05) is 78.9 Å². The van der Waals surface area contributed by atoms with Gasteiger partial charge in [0.1, 0.15) is 22.6 Å². The molecule has 2 aromatic heterocycles. The number of hydrogen-bond acceptors (Lipinski definition) is 11. The summed E-state index contributed by atoms with van der Waals surface area (Å²) >= 11 is 0. The van der Waals surface area contributed by atoms with Crippen LogP contribution in [-0.4, -0.2) is 105 Å². The lowest BCUT2D eigenvalue weighted by Gasteiger charge is -2.42. The minimum absolute atomic E-state index is 0.143. The number of nitriles is 1. The van der Waals surface area contributed by atoms with Gasteiger partial charge in [0.15, 0.2) is 11.6 Å². The number of carbonyl (C=O) groups excluding carboxylic acids is 2. The van der Waals surface area contributed by atoms with Gasteiger partial charge in [-0.3, -0.25) is 0 Å². The van der Waals surface area contributed by atoms with Gasteiger partial charge in [-0.25, -0.2) is 9.59 Å². The number of benzene rings is 4. The number of carbonyl (C=O) groups is 2. The molecule has 2 fully saturated rings. The van der Waals surface area contributed by atoms with Crippen molar-refractivity contribution >= 4 is 45.4 Å². The first-order chi connectivity index (χ1) is 29.7. The predicted molar refractivity (Wildman–Crippen MR) is 242 cm³/mol. The summed E-state index contributed by atoms with van der Waals surface area (Å²) in [5.74, 6) is 1.49. The van der Waals surface area contributed by atoms with Crippen LogP contribution in [0.25, 0.3) is 44.1 Å². The molecule has 0 radical (unpaired) electrons. The molecule has 318 valence electrons. The molecule has 62 heavy (non-hydrogen) atoms. The molecule has 0 unspecified atom stereocenters. The number of fused-ring (bicyclic) bond motifs is 2. The maximum absolute atomic E-state index is 13.6. The largest absolute Gasteiger partial charge is 0.444 e. The Morgan fingerprint density at radius 1 is 0.661 bits per heavy atom. The lowest BCUT2D eigenvalue weighted by atomic mass is 9.96. The van der Waals surface area contributed by atoms with Crippen molar-refractivity contribution in [3.05, 3.63) is 108 Å². The number of nitrogens with zero attached hydrogens (tertiary/aromatic N) is 9. The fourth-order valence-electron chi connectivity index (χ4n) is 8.39. The minimum atomic E-state index is -0.642. The van der Waals surface area contributed by atoms with Crippen molar-refractivity contribution in [1.29, 1.82) is 5.26 Å². The molecule has 0 bridgehead atoms. The summed E-state index contributed by atoms with van der Waals surface area (Å²) in [6.45, 7) is 16.2. The van der Waals surface area contributed by atoms with Crippen molar-refractivity contribution in [3.63, 3.8) is 0 Å². The third-order valence-electron chi connectivity index (χ3n) is 11.3. The Morgan fingerprint density at radius 2 is 1.27 bits per heavy atom. The first-order valence-electron chi connectivity index (χ1n) is 21.3. The summed E-state index contributed by atoms with van der Waals surface area (Å²) in [5, 5.41) is 32.7. The average molecular weight is 832 g/mol. The number of anilines is 2. The zero-order valence-corrected chi connectivity index (χ0v) is 36.5. The van der Waals surface area contributed by atoms with E-state index in [-0.39, 0.29) is 24.3 Å². The summed E-state index contributed by atoms with van der Waals surface area (Å²) in [5.41, 5.74) is 3.72. The van der Waals surface area contributed by atoms with Crippen molar-refractivity contribution in [2.45, 2.75) is 78.2 Å². The van der Waals surface area contributed by atoms with Gasteiger partial charge >= 0.3 is 12.2 Å². The van der Waals surface area contributed by atoms with Crippen molar-refractivity contribution in [1.82, 2.24) is 30.2 Å². The summed E-state index contributed by atoms with van der Waals surface area (Å²) < 4.78 is 11.6. The minimum Gasteiger partial charge on any atom is -0.444 e. The highest BCUT2D eigenvalue weighted by molar-refractivity contribution is 6.02. The molecular formula is C49H53N9O4. The van der Waals surface area contributed by atoms with Crippen LogP contribution in [0.4, 0.5) is 21.2 Å². The van der Waals surface area contributed by atoms with Crippen LogP contribution in [0, 0.1) is 11.3 Å². The fourth-order valence-corrected chi connectivity index (χ4v) is 8.39. The first-order valence-corrected chi connectivity index (χ1v) is 21.3. The third kappa shape index (κ3) is 8.96. The van der Waals surface area contributed by atoms with Crippen LogP contribution in [0.15, 0.2) is 97.1 Å². The van der Waals surface area contributed by atoms with Gasteiger partial charge < -0.3 is 29.1 Å². The summed E-state index contributed by atoms with van der Waals surface area (Å²) in [6, 6.07) is 34.0. The second-order valence-corrected chi connectivity index (χ2v) is 18.2. The molecular weight excluding hydrogens is 779 g/mol. The molecule has 0 saturated carbocycles. The summed E-state index contributed by atoms with van der Waals surface area (Å²) in [4.78, 5) is 34.9. The van der Waals surface area contributed by atoms with Gasteiger partial charge in [0.25, 0.3) is 0 Å². The van der Waals surface area contributed by atoms with E-state index < -0.39 is 11.2 Å². The number of hydrogen-bond donors (Lipinski definition) is 0. The maximum Gasteiger partial charge on any atom is 0.410 e. The Labute approximate surface area is 362 Å². The van der Waals surface area contributed by atoms with Crippen molar-refractivity contribution in [2.24, 2.45) is 0 Å². The normalized spacial score (nSPS) is 17.3. The standard InChI is InChI=1S/C49H53N9O4/c1-32-30-55(23-25-57(32)47(60)62-49(5,6)7)44-41-28-34(19-22-39(41)43(51-53-44)36-20-17-33(29-50)18-21-36)27-37-31-56(46(59)61-48(2,3)4)24-26-58(37)45-40-16-12-11-15-38(40)42(52-54-45)35-13-9-8-10-14-35/h8-22,28,32,37H,23-27,30-31H2,1-7H3/t32-,37-/m0/s1. The molecule has 4 heterocycles. The Morgan fingerprint density at radius 3 is 1.94 bits per heavy atom. The van der Waals surface area contributed by atoms with Crippen LogP contribution in [-0.2, 0) is 15.9 Å². The quantitative estimate of drug-likeness (QED) is 0.159. The van der Waals surface area contributed by atoms with Crippen molar-refractivity contribution in [2.75, 3.05) is 49.1 Å². The van der Waals surface area contributed by atoms with Crippen LogP contribution in [0.3, 0.4) is 0 Å². The molecule has 2 saturated heterocycles. The molecule has 2 amide bonds. The Balaban J connectivity index is 1.19. The summed E-state index contributed by atoms with van der Waals surface area (Å²) in [6.07, 6.45) is -0.105. The second-order valence-electron chi connectivity index (χ2n) is 18.2. The van der Waals surface area contributed by atoms with E-state index in [9.17, 15) is 14.9 Å².